The molecular weight excluding hydrogens is 268 g/mol. The van der Waals surface area contributed by atoms with Crippen LogP contribution in [0.25, 0.3) is 10.6 Å². The fourth-order valence-corrected chi connectivity index (χ4v) is 2.66. The predicted octanol–water partition coefficient (Wildman–Crippen LogP) is 3.43. The Morgan fingerprint density at radius 1 is 1.40 bits per heavy atom. The monoisotopic (exact) mass is 288 g/mol. The van der Waals surface area contributed by atoms with E-state index in [0.29, 0.717) is 18.9 Å². The Morgan fingerprint density at radius 3 is 2.90 bits per heavy atom. The molecule has 0 aliphatic carbocycles. The van der Waals surface area contributed by atoms with E-state index in [2.05, 4.69) is 49.3 Å². The van der Waals surface area contributed by atoms with Crippen LogP contribution in [-0.4, -0.2) is 17.4 Å². The van der Waals surface area contributed by atoms with Crippen LogP contribution in [0.4, 0.5) is 0 Å². The summed E-state index contributed by atoms with van der Waals surface area (Å²) in [5.74, 6) is 0.511. The number of carbonyl (C=O) groups excluding carboxylic acids is 1. The summed E-state index contributed by atoms with van der Waals surface area (Å²) >= 11 is 1.59. The quantitative estimate of drug-likeness (QED) is 0.916. The van der Waals surface area contributed by atoms with Gasteiger partial charge in [0.25, 0.3) is 0 Å². The summed E-state index contributed by atoms with van der Waals surface area (Å²) in [5, 5.41) is 5.85. The minimum atomic E-state index is 0.0415. The highest BCUT2D eigenvalue weighted by Crippen LogP contribution is 2.24. The Hall–Kier alpha value is -1.68. The third-order valence-electron chi connectivity index (χ3n) is 2.87. The predicted molar refractivity (Wildman–Crippen MR) is 83.8 cm³/mol. The Bertz CT molecular complexity index is 590. The first-order valence-electron chi connectivity index (χ1n) is 6.82. The number of hydrogen-bond acceptors (Lipinski definition) is 3. The zero-order chi connectivity index (χ0) is 14.5. The molecule has 0 saturated carbocycles. The molecule has 0 spiro atoms. The highest BCUT2D eigenvalue weighted by molar-refractivity contribution is 7.13. The molecule has 1 aromatic carbocycles. The molecule has 0 fully saturated rings. The number of nitrogens with one attached hydrogen (secondary N) is 1. The second-order valence-electron chi connectivity index (χ2n) is 5.39. The van der Waals surface area contributed by atoms with Crippen LogP contribution in [0.3, 0.4) is 0 Å². The number of nitrogens with zero attached hydrogens (tertiary/aromatic N) is 1. The Morgan fingerprint density at radius 2 is 2.20 bits per heavy atom. The van der Waals surface area contributed by atoms with E-state index in [0.717, 1.165) is 16.3 Å². The molecule has 0 aliphatic heterocycles. The number of thiazole rings is 1. The molecule has 0 unspecified atom stereocenters. The first kappa shape index (κ1) is 14.7. The Kier molecular flexibility index (Phi) is 4.90. The van der Waals surface area contributed by atoms with Gasteiger partial charge in [-0.15, -0.1) is 11.3 Å². The van der Waals surface area contributed by atoms with Gasteiger partial charge in [0.1, 0.15) is 5.01 Å². The number of aryl methyl sites for hydroxylation is 1. The van der Waals surface area contributed by atoms with Crippen LogP contribution in [-0.2, 0) is 11.2 Å². The fraction of sp³-hybridized carbons (Fsp3) is 0.375. The van der Waals surface area contributed by atoms with Gasteiger partial charge < -0.3 is 5.32 Å². The standard InChI is InChI=1S/C16H20N2OS/c1-11(2)9-17-15(19)8-14-10-20-16(18-14)13-6-4-5-12(3)7-13/h4-7,10-11H,8-9H2,1-3H3,(H,17,19). The van der Waals surface area contributed by atoms with Gasteiger partial charge in [-0.1, -0.05) is 37.6 Å². The number of amides is 1. The molecule has 1 N–H and O–H groups in total. The van der Waals surface area contributed by atoms with Gasteiger partial charge >= 0.3 is 0 Å². The van der Waals surface area contributed by atoms with Crippen molar-refractivity contribution in [2.45, 2.75) is 27.2 Å². The fourth-order valence-electron chi connectivity index (χ4n) is 1.84. The smallest absolute Gasteiger partial charge is 0.226 e. The van der Waals surface area contributed by atoms with Gasteiger partial charge in [0.2, 0.25) is 5.91 Å². The van der Waals surface area contributed by atoms with Gasteiger partial charge in [-0.3, -0.25) is 4.79 Å². The first-order valence-corrected chi connectivity index (χ1v) is 7.70. The summed E-state index contributed by atoms with van der Waals surface area (Å²) in [7, 11) is 0. The molecule has 0 aliphatic rings. The maximum Gasteiger partial charge on any atom is 0.226 e. The average Bonchev–Trinajstić information content (AvgIpc) is 2.85. The molecule has 3 nitrogen and oxygen atoms in total. The van der Waals surface area contributed by atoms with Crippen LogP contribution in [0.15, 0.2) is 29.6 Å². The van der Waals surface area contributed by atoms with Crippen LogP contribution in [0.1, 0.15) is 25.1 Å². The highest BCUT2D eigenvalue weighted by Gasteiger charge is 2.09. The van der Waals surface area contributed by atoms with Crippen LogP contribution in [0.5, 0.6) is 0 Å². The van der Waals surface area contributed by atoms with Gasteiger partial charge in [-0.05, 0) is 18.9 Å². The van der Waals surface area contributed by atoms with Gasteiger partial charge in [0.05, 0.1) is 12.1 Å². The lowest BCUT2D eigenvalue weighted by Crippen LogP contribution is -2.28. The molecule has 0 bridgehead atoms. The van der Waals surface area contributed by atoms with Gasteiger partial charge in [-0.25, -0.2) is 4.98 Å². The van der Waals surface area contributed by atoms with Gasteiger partial charge in [-0.2, -0.15) is 0 Å². The van der Waals surface area contributed by atoms with Crippen molar-refractivity contribution in [2.24, 2.45) is 5.92 Å². The van der Waals surface area contributed by atoms with Crippen molar-refractivity contribution < 1.29 is 4.79 Å². The first-order chi connectivity index (χ1) is 9.54. The molecule has 0 radical (unpaired) electrons. The van der Waals surface area contributed by atoms with Crippen molar-refractivity contribution in [1.82, 2.24) is 10.3 Å². The van der Waals surface area contributed by atoms with E-state index < -0.39 is 0 Å². The number of rotatable bonds is 5. The number of hydrogen-bond donors (Lipinski definition) is 1. The number of benzene rings is 1. The van der Waals surface area contributed by atoms with E-state index in [1.807, 2.05) is 11.4 Å². The van der Waals surface area contributed by atoms with Gasteiger partial charge in [0, 0.05) is 17.5 Å². The molecule has 2 rings (SSSR count). The topological polar surface area (TPSA) is 42.0 Å². The lowest BCUT2D eigenvalue weighted by Gasteiger charge is -2.06. The third-order valence-corrected chi connectivity index (χ3v) is 3.81. The van der Waals surface area contributed by atoms with Gasteiger partial charge in [0.15, 0.2) is 0 Å². The maximum atomic E-state index is 11.8. The minimum Gasteiger partial charge on any atom is -0.356 e. The summed E-state index contributed by atoms with van der Waals surface area (Å²) in [5.41, 5.74) is 3.17. The lowest BCUT2D eigenvalue weighted by molar-refractivity contribution is -0.120. The molecule has 1 amide bonds. The minimum absolute atomic E-state index is 0.0415. The second-order valence-corrected chi connectivity index (χ2v) is 6.25. The van der Waals surface area contributed by atoms with Crippen molar-refractivity contribution in [2.75, 3.05) is 6.54 Å². The van der Waals surface area contributed by atoms with E-state index >= 15 is 0 Å². The van der Waals surface area contributed by atoms with E-state index in [1.54, 1.807) is 11.3 Å². The molecule has 20 heavy (non-hydrogen) atoms. The molecule has 0 atom stereocenters. The zero-order valence-electron chi connectivity index (χ0n) is 12.1. The molecule has 1 aromatic heterocycles. The molecular formula is C16H20N2OS. The van der Waals surface area contributed by atoms with Crippen molar-refractivity contribution >= 4 is 17.2 Å². The average molecular weight is 288 g/mol. The lowest BCUT2D eigenvalue weighted by atomic mass is 10.1. The molecule has 106 valence electrons. The van der Waals surface area contributed by atoms with Crippen LogP contribution in [0.2, 0.25) is 0 Å². The van der Waals surface area contributed by atoms with Crippen LogP contribution < -0.4 is 5.32 Å². The van der Waals surface area contributed by atoms with Crippen LogP contribution in [0, 0.1) is 12.8 Å². The van der Waals surface area contributed by atoms with E-state index in [1.165, 1.54) is 5.56 Å². The number of aromatic nitrogens is 1. The molecule has 1 heterocycles. The largest absolute Gasteiger partial charge is 0.356 e. The maximum absolute atomic E-state index is 11.8. The van der Waals surface area contributed by atoms with E-state index in [-0.39, 0.29) is 5.91 Å². The van der Waals surface area contributed by atoms with Crippen LogP contribution >= 0.6 is 11.3 Å². The SMILES string of the molecule is Cc1cccc(-c2nc(CC(=O)NCC(C)C)cs2)c1. The summed E-state index contributed by atoms with van der Waals surface area (Å²) in [6, 6.07) is 8.26. The second kappa shape index (κ2) is 6.66. The van der Waals surface area contributed by atoms with Crippen molar-refractivity contribution in [1.29, 1.82) is 0 Å². The Balaban J connectivity index is 2.00. The summed E-state index contributed by atoms with van der Waals surface area (Å²) in [6.07, 6.45) is 0.356. The van der Waals surface area contributed by atoms with E-state index in [9.17, 15) is 4.79 Å². The third kappa shape index (κ3) is 4.17. The van der Waals surface area contributed by atoms with Crippen molar-refractivity contribution in [3.05, 3.63) is 40.9 Å². The van der Waals surface area contributed by atoms with Crippen molar-refractivity contribution in [3.8, 4) is 10.6 Å². The van der Waals surface area contributed by atoms with E-state index in [4.69, 9.17) is 0 Å². The highest BCUT2D eigenvalue weighted by atomic mass is 32.1. The zero-order valence-corrected chi connectivity index (χ0v) is 13.0. The molecule has 4 heteroatoms. The summed E-state index contributed by atoms with van der Waals surface area (Å²) in [6.45, 7) is 6.95. The number of carbonyl (C=O) groups is 1. The Labute approximate surface area is 124 Å². The summed E-state index contributed by atoms with van der Waals surface area (Å²) < 4.78 is 0. The molecule has 2 aromatic rings. The summed E-state index contributed by atoms with van der Waals surface area (Å²) in [4.78, 5) is 16.3. The van der Waals surface area contributed by atoms with Crippen molar-refractivity contribution in [3.63, 3.8) is 0 Å². The molecule has 0 saturated heterocycles. The normalized spacial score (nSPS) is 10.8.